The molecule has 2 fully saturated rings. The molecule has 1 atom stereocenters. The molecule has 0 aromatic heterocycles. The molecule has 19 heavy (non-hydrogen) atoms. The van der Waals surface area contributed by atoms with Gasteiger partial charge in [0, 0.05) is 19.6 Å². The summed E-state index contributed by atoms with van der Waals surface area (Å²) in [5, 5.41) is 9.21. The molecule has 0 radical (unpaired) electrons. The van der Waals surface area contributed by atoms with Gasteiger partial charge in [-0.25, -0.2) is 9.59 Å². The lowest BCUT2D eigenvalue weighted by molar-refractivity contribution is -0.145. The van der Waals surface area contributed by atoms with Crippen molar-refractivity contribution in [1.29, 1.82) is 0 Å². The van der Waals surface area contributed by atoms with Crippen molar-refractivity contribution < 1.29 is 19.4 Å². The first kappa shape index (κ1) is 14.1. The van der Waals surface area contributed by atoms with Crippen molar-refractivity contribution >= 4 is 12.1 Å². The smallest absolute Gasteiger partial charge is 0.410 e. The molecule has 1 N–H and O–H groups in total. The number of hydrogen-bond acceptors (Lipinski definition) is 4. The standard InChI is InChI=1S/C13H22N2O4/c1-14-7-8-15(11(9-14)12(16)17)13(18)19-10-5-3-2-4-6-10/h10-11H,2-9H2,1H3,(H,16,17)/t11-/m1/s1. The molecule has 1 saturated carbocycles. The predicted molar refractivity (Wildman–Crippen MR) is 69.0 cm³/mol. The molecule has 1 heterocycles. The zero-order valence-electron chi connectivity index (χ0n) is 11.4. The van der Waals surface area contributed by atoms with Crippen LogP contribution < -0.4 is 0 Å². The van der Waals surface area contributed by atoms with Crippen LogP contribution >= 0.6 is 0 Å². The van der Waals surface area contributed by atoms with Crippen LogP contribution in [0.25, 0.3) is 0 Å². The van der Waals surface area contributed by atoms with Gasteiger partial charge in [0.2, 0.25) is 0 Å². The van der Waals surface area contributed by atoms with E-state index >= 15 is 0 Å². The second-order valence-electron chi connectivity index (χ2n) is 5.45. The van der Waals surface area contributed by atoms with Gasteiger partial charge in [-0.05, 0) is 32.7 Å². The van der Waals surface area contributed by atoms with Crippen LogP contribution in [0, 0.1) is 0 Å². The van der Waals surface area contributed by atoms with Gasteiger partial charge in [-0.2, -0.15) is 0 Å². The maximum Gasteiger partial charge on any atom is 0.410 e. The maximum atomic E-state index is 12.1. The summed E-state index contributed by atoms with van der Waals surface area (Å²) in [4.78, 5) is 26.6. The summed E-state index contributed by atoms with van der Waals surface area (Å²) in [6.45, 7) is 1.46. The first-order chi connectivity index (χ1) is 9.08. The van der Waals surface area contributed by atoms with Crippen LogP contribution in [0.15, 0.2) is 0 Å². The van der Waals surface area contributed by atoms with Gasteiger partial charge in [0.05, 0.1) is 0 Å². The third-order valence-corrected chi connectivity index (χ3v) is 3.92. The highest BCUT2D eigenvalue weighted by atomic mass is 16.6. The molecule has 1 aliphatic carbocycles. The van der Waals surface area contributed by atoms with Gasteiger partial charge in [0.15, 0.2) is 0 Å². The van der Waals surface area contributed by atoms with Gasteiger partial charge in [-0.15, -0.1) is 0 Å². The SMILES string of the molecule is CN1CCN(C(=O)OC2CCCCC2)[C@@H](C(=O)O)C1. The normalized spacial score (nSPS) is 26.2. The molecule has 1 saturated heterocycles. The van der Waals surface area contributed by atoms with E-state index in [-0.39, 0.29) is 6.10 Å². The Hall–Kier alpha value is -1.30. The summed E-state index contributed by atoms with van der Waals surface area (Å²) < 4.78 is 5.45. The van der Waals surface area contributed by atoms with Crippen molar-refractivity contribution in [2.45, 2.75) is 44.2 Å². The number of carboxylic acid groups (broad SMARTS) is 1. The van der Waals surface area contributed by atoms with Gasteiger partial charge in [-0.3, -0.25) is 4.90 Å². The second kappa shape index (κ2) is 6.23. The Morgan fingerprint density at radius 3 is 2.47 bits per heavy atom. The van der Waals surface area contributed by atoms with Crippen molar-refractivity contribution in [1.82, 2.24) is 9.80 Å². The molecule has 0 aromatic rings. The Morgan fingerprint density at radius 1 is 1.16 bits per heavy atom. The number of piperazine rings is 1. The average Bonchev–Trinajstić information content (AvgIpc) is 2.39. The average molecular weight is 270 g/mol. The van der Waals surface area contributed by atoms with Crippen LogP contribution in [0.1, 0.15) is 32.1 Å². The molecular formula is C13H22N2O4. The largest absolute Gasteiger partial charge is 0.480 e. The molecule has 1 amide bonds. The predicted octanol–water partition coefficient (Wildman–Crippen LogP) is 1.16. The minimum atomic E-state index is -0.966. The summed E-state index contributed by atoms with van der Waals surface area (Å²) in [6, 6.07) is -0.796. The number of hydrogen-bond donors (Lipinski definition) is 1. The van der Waals surface area contributed by atoms with Crippen LogP contribution in [0.4, 0.5) is 4.79 Å². The van der Waals surface area contributed by atoms with E-state index in [4.69, 9.17) is 4.74 Å². The number of likely N-dealkylation sites (N-methyl/N-ethyl adjacent to an activating group) is 1. The van der Waals surface area contributed by atoms with Crippen molar-refractivity contribution in [3.8, 4) is 0 Å². The van der Waals surface area contributed by atoms with E-state index < -0.39 is 18.1 Å². The van der Waals surface area contributed by atoms with E-state index in [1.807, 2.05) is 11.9 Å². The quantitative estimate of drug-likeness (QED) is 0.815. The van der Waals surface area contributed by atoms with Crippen LogP contribution in [0.5, 0.6) is 0 Å². The molecule has 2 aliphatic rings. The van der Waals surface area contributed by atoms with Gasteiger partial charge in [0.25, 0.3) is 0 Å². The highest BCUT2D eigenvalue weighted by Gasteiger charge is 2.36. The van der Waals surface area contributed by atoms with E-state index in [1.165, 1.54) is 11.3 Å². The summed E-state index contributed by atoms with van der Waals surface area (Å²) in [5.41, 5.74) is 0. The summed E-state index contributed by atoms with van der Waals surface area (Å²) >= 11 is 0. The lowest BCUT2D eigenvalue weighted by Crippen LogP contribution is -2.57. The van der Waals surface area contributed by atoms with Gasteiger partial charge in [-0.1, -0.05) is 6.42 Å². The number of nitrogens with zero attached hydrogens (tertiary/aromatic N) is 2. The first-order valence-electron chi connectivity index (χ1n) is 6.96. The Labute approximate surface area is 113 Å². The van der Waals surface area contributed by atoms with Gasteiger partial charge >= 0.3 is 12.1 Å². The number of rotatable bonds is 2. The molecule has 108 valence electrons. The third kappa shape index (κ3) is 3.59. The Balaban J connectivity index is 1.93. The highest BCUT2D eigenvalue weighted by Crippen LogP contribution is 2.22. The number of carbonyl (C=O) groups is 2. The molecule has 1 aliphatic heterocycles. The van der Waals surface area contributed by atoms with Crippen molar-refractivity contribution in [2.75, 3.05) is 26.7 Å². The van der Waals surface area contributed by atoms with Crippen LogP contribution in [0.3, 0.4) is 0 Å². The van der Waals surface area contributed by atoms with Crippen LogP contribution in [0.2, 0.25) is 0 Å². The number of ether oxygens (including phenoxy) is 1. The maximum absolute atomic E-state index is 12.1. The van der Waals surface area contributed by atoms with E-state index in [1.54, 1.807) is 0 Å². The fourth-order valence-electron chi connectivity index (χ4n) is 2.74. The monoisotopic (exact) mass is 270 g/mol. The van der Waals surface area contributed by atoms with Gasteiger partial charge in [0.1, 0.15) is 12.1 Å². The third-order valence-electron chi connectivity index (χ3n) is 3.92. The summed E-state index contributed by atoms with van der Waals surface area (Å²) in [6.07, 6.45) is 4.67. The molecule has 0 aromatic carbocycles. The molecule has 6 nitrogen and oxygen atoms in total. The lowest BCUT2D eigenvalue weighted by Gasteiger charge is -2.37. The number of carboxylic acids is 1. The Kier molecular flexibility index (Phi) is 4.63. The van der Waals surface area contributed by atoms with Crippen molar-refractivity contribution in [3.63, 3.8) is 0 Å². The Bertz CT molecular complexity index is 342. The van der Waals surface area contributed by atoms with Crippen LogP contribution in [-0.4, -0.2) is 65.8 Å². The second-order valence-corrected chi connectivity index (χ2v) is 5.45. The fraction of sp³-hybridized carbons (Fsp3) is 0.846. The summed E-state index contributed by atoms with van der Waals surface area (Å²) in [5.74, 6) is -0.966. The Morgan fingerprint density at radius 2 is 1.84 bits per heavy atom. The number of carbonyl (C=O) groups excluding carboxylic acids is 1. The molecule has 2 rings (SSSR count). The minimum Gasteiger partial charge on any atom is -0.480 e. The summed E-state index contributed by atoms with van der Waals surface area (Å²) in [7, 11) is 1.86. The fourth-order valence-corrected chi connectivity index (χ4v) is 2.74. The zero-order valence-corrected chi connectivity index (χ0v) is 11.4. The van der Waals surface area contributed by atoms with Crippen molar-refractivity contribution in [2.24, 2.45) is 0 Å². The number of amides is 1. The topological polar surface area (TPSA) is 70.1 Å². The highest BCUT2D eigenvalue weighted by molar-refractivity contribution is 5.80. The molecule has 0 bridgehead atoms. The van der Waals surface area contributed by atoms with E-state index in [0.717, 1.165) is 25.7 Å². The molecule has 0 spiro atoms. The van der Waals surface area contributed by atoms with E-state index in [0.29, 0.717) is 19.6 Å². The lowest BCUT2D eigenvalue weighted by atomic mass is 9.98. The van der Waals surface area contributed by atoms with E-state index in [2.05, 4.69) is 0 Å². The zero-order chi connectivity index (χ0) is 13.8. The van der Waals surface area contributed by atoms with Crippen LogP contribution in [-0.2, 0) is 9.53 Å². The van der Waals surface area contributed by atoms with Crippen molar-refractivity contribution in [3.05, 3.63) is 0 Å². The molecular weight excluding hydrogens is 248 g/mol. The molecule has 0 unspecified atom stereocenters. The first-order valence-corrected chi connectivity index (χ1v) is 6.96. The van der Waals surface area contributed by atoms with Gasteiger partial charge < -0.3 is 14.7 Å². The minimum absolute atomic E-state index is 0.0321. The van der Waals surface area contributed by atoms with E-state index in [9.17, 15) is 14.7 Å². The molecule has 6 heteroatoms. The number of aliphatic carboxylic acids is 1.